The Bertz CT molecular complexity index is 305. The molecule has 0 aliphatic heterocycles. The summed E-state index contributed by atoms with van der Waals surface area (Å²) in [4.78, 5) is 8.47. The second kappa shape index (κ2) is 2.98. The van der Waals surface area contributed by atoms with E-state index in [1.54, 1.807) is 12.4 Å². The molecule has 1 heterocycles. The van der Waals surface area contributed by atoms with Crippen molar-refractivity contribution in [2.45, 2.75) is 38.6 Å². The van der Waals surface area contributed by atoms with Gasteiger partial charge in [-0.3, -0.25) is 4.98 Å². The minimum Gasteiger partial charge on any atom is -0.363 e. The first-order valence-electron chi connectivity index (χ1n) is 4.75. The maximum atomic E-state index is 4.27. The summed E-state index contributed by atoms with van der Waals surface area (Å²) >= 11 is 0. The molecule has 1 aromatic heterocycles. The van der Waals surface area contributed by atoms with Crippen molar-refractivity contribution in [3.05, 3.63) is 18.1 Å². The Morgan fingerprint density at radius 2 is 2.00 bits per heavy atom. The molecule has 2 rings (SSSR count). The Morgan fingerprint density at radius 3 is 2.54 bits per heavy atom. The van der Waals surface area contributed by atoms with Gasteiger partial charge in [0.15, 0.2) is 0 Å². The lowest BCUT2D eigenvalue weighted by atomic mass is 9.78. The van der Waals surface area contributed by atoms with Gasteiger partial charge in [0.1, 0.15) is 5.82 Å². The molecule has 3 nitrogen and oxygen atoms in total. The highest BCUT2D eigenvalue weighted by molar-refractivity contribution is 5.41. The van der Waals surface area contributed by atoms with Gasteiger partial charge in [-0.1, -0.05) is 0 Å². The zero-order valence-corrected chi connectivity index (χ0v) is 8.17. The van der Waals surface area contributed by atoms with Gasteiger partial charge in [0, 0.05) is 17.9 Å². The van der Waals surface area contributed by atoms with Crippen LogP contribution < -0.4 is 5.32 Å². The molecule has 0 spiro atoms. The van der Waals surface area contributed by atoms with E-state index < -0.39 is 0 Å². The highest BCUT2D eigenvalue weighted by atomic mass is 15.1. The van der Waals surface area contributed by atoms with E-state index in [0.29, 0.717) is 0 Å². The van der Waals surface area contributed by atoms with Gasteiger partial charge in [-0.25, -0.2) is 4.98 Å². The number of rotatable bonds is 2. The van der Waals surface area contributed by atoms with Crippen molar-refractivity contribution in [3.63, 3.8) is 0 Å². The molecule has 70 valence electrons. The number of nitrogens with one attached hydrogen (secondary N) is 1. The lowest BCUT2D eigenvalue weighted by Crippen LogP contribution is -2.42. The molecule has 0 unspecified atom stereocenters. The molecule has 0 bridgehead atoms. The van der Waals surface area contributed by atoms with Crippen molar-refractivity contribution < 1.29 is 0 Å². The van der Waals surface area contributed by atoms with E-state index >= 15 is 0 Å². The second-order valence-corrected chi connectivity index (χ2v) is 4.03. The third kappa shape index (κ3) is 1.64. The zero-order chi connectivity index (χ0) is 9.31. The Morgan fingerprint density at radius 1 is 1.31 bits per heavy atom. The van der Waals surface area contributed by atoms with Crippen molar-refractivity contribution in [3.8, 4) is 0 Å². The first-order valence-corrected chi connectivity index (χ1v) is 4.75. The molecule has 0 amide bonds. The van der Waals surface area contributed by atoms with E-state index in [4.69, 9.17) is 0 Å². The van der Waals surface area contributed by atoms with Crippen LogP contribution in [-0.2, 0) is 0 Å². The minimum absolute atomic E-state index is 0.265. The van der Waals surface area contributed by atoms with Crippen LogP contribution in [0.4, 0.5) is 5.82 Å². The highest BCUT2D eigenvalue weighted by Gasteiger charge is 2.32. The third-order valence-corrected chi connectivity index (χ3v) is 2.76. The van der Waals surface area contributed by atoms with Gasteiger partial charge in [0.25, 0.3) is 0 Å². The average Bonchev–Trinajstić information content (AvgIpc) is 2.06. The molecule has 1 fully saturated rings. The molecule has 1 aliphatic rings. The number of hydrogen-bond donors (Lipinski definition) is 1. The standard InChI is InChI=1S/C10H15N3/c1-8-9(12-7-6-11-8)13-10(2)4-3-5-10/h6-7H,3-5H2,1-2H3,(H,12,13). The number of aromatic nitrogens is 2. The fraction of sp³-hybridized carbons (Fsp3) is 0.600. The van der Waals surface area contributed by atoms with E-state index in [2.05, 4.69) is 22.2 Å². The summed E-state index contributed by atoms with van der Waals surface area (Å²) in [5, 5.41) is 3.45. The molecule has 1 N–H and O–H groups in total. The van der Waals surface area contributed by atoms with E-state index in [9.17, 15) is 0 Å². The van der Waals surface area contributed by atoms with Crippen LogP contribution in [0.25, 0.3) is 0 Å². The van der Waals surface area contributed by atoms with Crippen molar-refractivity contribution in [2.24, 2.45) is 0 Å². The van der Waals surface area contributed by atoms with Gasteiger partial charge in [-0.15, -0.1) is 0 Å². The Hall–Kier alpha value is -1.12. The summed E-state index contributed by atoms with van der Waals surface area (Å²) in [7, 11) is 0. The molecule has 0 saturated heterocycles. The molecule has 3 heteroatoms. The van der Waals surface area contributed by atoms with Crippen LogP contribution in [-0.4, -0.2) is 15.5 Å². The summed E-state index contributed by atoms with van der Waals surface area (Å²) < 4.78 is 0. The Labute approximate surface area is 78.6 Å². The first kappa shape index (κ1) is 8.48. The van der Waals surface area contributed by atoms with Gasteiger partial charge < -0.3 is 5.32 Å². The summed E-state index contributed by atoms with van der Waals surface area (Å²) in [6.07, 6.45) is 7.26. The summed E-state index contributed by atoms with van der Waals surface area (Å²) in [6, 6.07) is 0. The first-order chi connectivity index (χ1) is 6.20. The highest BCUT2D eigenvalue weighted by Crippen LogP contribution is 2.34. The predicted molar refractivity (Wildman–Crippen MR) is 52.6 cm³/mol. The quantitative estimate of drug-likeness (QED) is 0.752. The van der Waals surface area contributed by atoms with Crippen LogP contribution in [0, 0.1) is 6.92 Å². The van der Waals surface area contributed by atoms with Gasteiger partial charge in [-0.2, -0.15) is 0 Å². The molecule has 0 atom stereocenters. The largest absolute Gasteiger partial charge is 0.363 e. The van der Waals surface area contributed by atoms with Crippen LogP contribution >= 0.6 is 0 Å². The number of aryl methyl sites for hydroxylation is 1. The summed E-state index contributed by atoms with van der Waals surface area (Å²) in [5.41, 5.74) is 1.25. The summed E-state index contributed by atoms with van der Waals surface area (Å²) in [6.45, 7) is 4.22. The monoisotopic (exact) mass is 177 g/mol. The summed E-state index contributed by atoms with van der Waals surface area (Å²) in [5.74, 6) is 0.935. The molecular weight excluding hydrogens is 162 g/mol. The van der Waals surface area contributed by atoms with Gasteiger partial charge in [0.2, 0.25) is 0 Å². The maximum Gasteiger partial charge on any atom is 0.147 e. The van der Waals surface area contributed by atoms with Crippen molar-refractivity contribution >= 4 is 5.82 Å². The second-order valence-electron chi connectivity index (χ2n) is 4.03. The van der Waals surface area contributed by atoms with Crippen LogP contribution in [0.15, 0.2) is 12.4 Å². The van der Waals surface area contributed by atoms with E-state index in [1.807, 2.05) is 6.92 Å². The lowest BCUT2D eigenvalue weighted by Gasteiger charge is -2.39. The molecule has 1 aliphatic carbocycles. The smallest absolute Gasteiger partial charge is 0.147 e. The van der Waals surface area contributed by atoms with E-state index in [0.717, 1.165) is 11.5 Å². The normalized spacial score (nSPS) is 19.2. The van der Waals surface area contributed by atoms with Crippen LogP contribution in [0.5, 0.6) is 0 Å². The number of anilines is 1. The molecule has 0 aromatic carbocycles. The van der Waals surface area contributed by atoms with E-state index in [-0.39, 0.29) is 5.54 Å². The number of hydrogen-bond acceptors (Lipinski definition) is 3. The molecule has 1 saturated carbocycles. The van der Waals surface area contributed by atoms with Gasteiger partial charge in [-0.05, 0) is 33.1 Å². The topological polar surface area (TPSA) is 37.8 Å². The van der Waals surface area contributed by atoms with Gasteiger partial charge >= 0.3 is 0 Å². The van der Waals surface area contributed by atoms with Crippen LogP contribution in [0.1, 0.15) is 31.9 Å². The van der Waals surface area contributed by atoms with Crippen molar-refractivity contribution in [1.82, 2.24) is 9.97 Å². The maximum absolute atomic E-state index is 4.27. The third-order valence-electron chi connectivity index (χ3n) is 2.76. The fourth-order valence-corrected chi connectivity index (χ4v) is 1.65. The minimum atomic E-state index is 0.265. The Balaban J connectivity index is 2.13. The van der Waals surface area contributed by atoms with E-state index in [1.165, 1.54) is 19.3 Å². The fourth-order valence-electron chi connectivity index (χ4n) is 1.65. The molecule has 0 radical (unpaired) electrons. The molecule has 1 aromatic rings. The predicted octanol–water partition coefficient (Wildman–Crippen LogP) is 2.14. The number of nitrogens with zero attached hydrogens (tertiary/aromatic N) is 2. The molecule has 13 heavy (non-hydrogen) atoms. The molecular formula is C10H15N3. The Kier molecular flexibility index (Phi) is 1.94. The SMILES string of the molecule is Cc1nccnc1NC1(C)CCC1. The van der Waals surface area contributed by atoms with Crippen molar-refractivity contribution in [2.75, 3.05) is 5.32 Å². The zero-order valence-electron chi connectivity index (χ0n) is 8.17. The van der Waals surface area contributed by atoms with Crippen LogP contribution in [0.3, 0.4) is 0 Å². The van der Waals surface area contributed by atoms with Gasteiger partial charge in [0.05, 0.1) is 5.69 Å². The lowest BCUT2D eigenvalue weighted by molar-refractivity contribution is 0.305. The average molecular weight is 177 g/mol. The van der Waals surface area contributed by atoms with Crippen LogP contribution in [0.2, 0.25) is 0 Å². The van der Waals surface area contributed by atoms with Crippen molar-refractivity contribution in [1.29, 1.82) is 0 Å².